The van der Waals surface area contributed by atoms with Crippen molar-refractivity contribution in [2.24, 2.45) is 5.92 Å². The summed E-state index contributed by atoms with van der Waals surface area (Å²) >= 11 is 0. The van der Waals surface area contributed by atoms with E-state index in [2.05, 4.69) is 51.2 Å². The van der Waals surface area contributed by atoms with Gasteiger partial charge in [-0.1, -0.05) is 38.8 Å². The molecule has 0 saturated carbocycles. The Kier molecular flexibility index (Phi) is 6.81. The van der Waals surface area contributed by atoms with Crippen LogP contribution in [0, 0.1) is 5.92 Å². The molecule has 0 radical (unpaired) electrons. The van der Waals surface area contributed by atoms with Crippen LogP contribution >= 0.6 is 0 Å². The SMILES string of the molecule is CCC(CC)CNCc1cccc(OC(C)C)c1. The Labute approximate surface area is 112 Å². The van der Waals surface area contributed by atoms with Gasteiger partial charge in [-0.05, 0) is 44.0 Å². The van der Waals surface area contributed by atoms with E-state index in [1.807, 2.05) is 6.07 Å². The molecule has 1 N–H and O–H groups in total. The summed E-state index contributed by atoms with van der Waals surface area (Å²) in [4.78, 5) is 0. The minimum atomic E-state index is 0.234. The highest BCUT2D eigenvalue weighted by Crippen LogP contribution is 2.15. The Morgan fingerprint density at radius 2 is 1.89 bits per heavy atom. The van der Waals surface area contributed by atoms with Crippen molar-refractivity contribution < 1.29 is 4.74 Å². The molecule has 0 atom stereocenters. The van der Waals surface area contributed by atoms with Crippen LogP contribution in [-0.2, 0) is 6.54 Å². The molecule has 0 aromatic heterocycles. The Morgan fingerprint density at radius 3 is 2.50 bits per heavy atom. The Hall–Kier alpha value is -1.02. The predicted octanol–water partition coefficient (Wildman–Crippen LogP) is 4.00. The molecule has 0 aliphatic heterocycles. The second-order valence-electron chi connectivity index (χ2n) is 5.13. The molecule has 2 nitrogen and oxygen atoms in total. The maximum absolute atomic E-state index is 5.70. The molecule has 0 aliphatic carbocycles. The van der Waals surface area contributed by atoms with E-state index in [4.69, 9.17) is 4.74 Å². The van der Waals surface area contributed by atoms with Crippen LogP contribution in [0.2, 0.25) is 0 Å². The highest BCUT2D eigenvalue weighted by Gasteiger charge is 2.03. The van der Waals surface area contributed by atoms with Crippen molar-refractivity contribution in [1.82, 2.24) is 5.32 Å². The van der Waals surface area contributed by atoms with Gasteiger partial charge in [0, 0.05) is 6.54 Å². The Balaban J connectivity index is 2.42. The van der Waals surface area contributed by atoms with Crippen LogP contribution in [0.25, 0.3) is 0 Å². The van der Waals surface area contributed by atoms with Gasteiger partial charge in [-0.2, -0.15) is 0 Å². The molecule has 1 aromatic rings. The van der Waals surface area contributed by atoms with Crippen LogP contribution in [0.3, 0.4) is 0 Å². The van der Waals surface area contributed by atoms with Gasteiger partial charge in [0.15, 0.2) is 0 Å². The minimum Gasteiger partial charge on any atom is -0.491 e. The first kappa shape index (κ1) is 15.0. The predicted molar refractivity (Wildman–Crippen MR) is 78.0 cm³/mol. The summed E-state index contributed by atoms with van der Waals surface area (Å²) in [7, 11) is 0. The lowest BCUT2D eigenvalue weighted by Gasteiger charge is -2.14. The summed E-state index contributed by atoms with van der Waals surface area (Å²) in [5.41, 5.74) is 1.29. The van der Waals surface area contributed by atoms with E-state index < -0.39 is 0 Å². The molecular formula is C16H27NO. The molecule has 0 heterocycles. The van der Waals surface area contributed by atoms with E-state index in [1.165, 1.54) is 18.4 Å². The quantitative estimate of drug-likeness (QED) is 0.752. The summed E-state index contributed by atoms with van der Waals surface area (Å²) in [6.07, 6.45) is 2.73. The number of rotatable bonds is 8. The smallest absolute Gasteiger partial charge is 0.120 e. The van der Waals surface area contributed by atoms with Gasteiger partial charge in [0.05, 0.1) is 6.10 Å². The second-order valence-corrected chi connectivity index (χ2v) is 5.13. The van der Waals surface area contributed by atoms with E-state index in [0.717, 1.165) is 24.8 Å². The third kappa shape index (κ3) is 5.54. The van der Waals surface area contributed by atoms with Gasteiger partial charge < -0.3 is 10.1 Å². The molecule has 0 saturated heterocycles. The largest absolute Gasteiger partial charge is 0.491 e. The fourth-order valence-corrected chi connectivity index (χ4v) is 2.00. The van der Waals surface area contributed by atoms with Crippen molar-refractivity contribution >= 4 is 0 Å². The molecule has 0 bridgehead atoms. The number of hydrogen-bond acceptors (Lipinski definition) is 2. The molecule has 0 amide bonds. The van der Waals surface area contributed by atoms with E-state index >= 15 is 0 Å². The van der Waals surface area contributed by atoms with Crippen molar-refractivity contribution in [3.05, 3.63) is 29.8 Å². The molecule has 1 aromatic carbocycles. The maximum Gasteiger partial charge on any atom is 0.120 e. The summed E-state index contributed by atoms with van der Waals surface area (Å²) < 4.78 is 5.70. The Bertz CT molecular complexity index is 332. The van der Waals surface area contributed by atoms with Crippen LogP contribution in [0.1, 0.15) is 46.1 Å². The van der Waals surface area contributed by atoms with Gasteiger partial charge in [-0.25, -0.2) is 0 Å². The zero-order valence-corrected chi connectivity index (χ0v) is 12.2. The Morgan fingerprint density at radius 1 is 1.17 bits per heavy atom. The summed E-state index contributed by atoms with van der Waals surface area (Å²) in [6, 6.07) is 8.35. The van der Waals surface area contributed by atoms with Gasteiger partial charge in [0.1, 0.15) is 5.75 Å². The third-order valence-corrected chi connectivity index (χ3v) is 3.19. The number of nitrogens with one attached hydrogen (secondary N) is 1. The van der Waals surface area contributed by atoms with Gasteiger partial charge in [-0.15, -0.1) is 0 Å². The van der Waals surface area contributed by atoms with Gasteiger partial charge in [0.25, 0.3) is 0 Å². The molecule has 18 heavy (non-hydrogen) atoms. The molecule has 0 fully saturated rings. The highest BCUT2D eigenvalue weighted by molar-refractivity contribution is 5.28. The average molecular weight is 249 g/mol. The van der Waals surface area contributed by atoms with E-state index in [-0.39, 0.29) is 6.10 Å². The zero-order chi connectivity index (χ0) is 13.4. The first-order chi connectivity index (χ1) is 8.65. The lowest BCUT2D eigenvalue weighted by atomic mass is 10.0. The fraction of sp³-hybridized carbons (Fsp3) is 0.625. The van der Waals surface area contributed by atoms with Crippen molar-refractivity contribution in [2.45, 2.75) is 53.2 Å². The normalized spacial score (nSPS) is 11.2. The molecule has 2 heteroatoms. The van der Waals surface area contributed by atoms with Gasteiger partial charge >= 0.3 is 0 Å². The first-order valence-electron chi connectivity index (χ1n) is 7.12. The summed E-state index contributed by atoms with van der Waals surface area (Å²) in [5, 5.41) is 3.53. The summed E-state index contributed by atoms with van der Waals surface area (Å²) in [6.45, 7) is 10.6. The number of benzene rings is 1. The van der Waals surface area contributed by atoms with E-state index in [1.54, 1.807) is 0 Å². The molecule has 1 rings (SSSR count). The van der Waals surface area contributed by atoms with Crippen molar-refractivity contribution in [1.29, 1.82) is 0 Å². The first-order valence-corrected chi connectivity index (χ1v) is 7.12. The lowest BCUT2D eigenvalue weighted by Crippen LogP contribution is -2.21. The average Bonchev–Trinajstić information content (AvgIpc) is 2.34. The molecule has 102 valence electrons. The highest BCUT2D eigenvalue weighted by atomic mass is 16.5. The van der Waals surface area contributed by atoms with Gasteiger partial charge in [0.2, 0.25) is 0 Å². The third-order valence-electron chi connectivity index (χ3n) is 3.19. The molecule has 0 unspecified atom stereocenters. The van der Waals surface area contributed by atoms with Crippen LogP contribution in [-0.4, -0.2) is 12.6 Å². The van der Waals surface area contributed by atoms with Crippen LogP contribution < -0.4 is 10.1 Å². The molecule has 0 aliphatic rings. The van der Waals surface area contributed by atoms with Crippen LogP contribution in [0.4, 0.5) is 0 Å². The minimum absolute atomic E-state index is 0.234. The van der Waals surface area contributed by atoms with Crippen molar-refractivity contribution in [3.63, 3.8) is 0 Å². The second kappa shape index (κ2) is 8.15. The van der Waals surface area contributed by atoms with Crippen molar-refractivity contribution in [2.75, 3.05) is 6.54 Å². The molecular weight excluding hydrogens is 222 g/mol. The maximum atomic E-state index is 5.70. The van der Waals surface area contributed by atoms with Gasteiger partial charge in [-0.3, -0.25) is 0 Å². The van der Waals surface area contributed by atoms with Crippen LogP contribution in [0.15, 0.2) is 24.3 Å². The number of ether oxygens (including phenoxy) is 1. The monoisotopic (exact) mass is 249 g/mol. The fourth-order valence-electron chi connectivity index (χ4n) is 2.00. The standard InChI is InChI=1S/C16H27NO/c1-5-14(6-2)11-17-12-15-8-7-9-16(10-15)18-13(3)4/h7-10,13-14,17H,5-6,11-12H2,1-4H3. The summed E-state index contributed by atoms with van der Waals surface area (Å²) in [5.74, 6) is 1.76. The zero-order valence-electron chi connectivity index (χ0n) is 12.2. The molecule has 0 spiro atoms. The van der Waals surface area contributed by atoms with Crippen molar-refractivity contribution in [3.8, 4) is 5.75 Å². The van der Waals surface area contributed by atoms with E-state index in [9.17, 15) is 0 Å². The van der Waals surface area contributed by atoms with Crippen LogP contribution in [0.5, 0.6) is 5.75 Å². The topological polar surface area (TPSA) is 21.3 Å². The van der Waals surface area contributed by atoms with E-state index in [0.29, 0.717) is 0 Å². The number of hydrogen-bond donors (Lipinski definition) is 1. The lowest BCUT2D eigenvalue weighted by molar-refractivity contribution is 0.242.